The third kappa shape index (κ3) is 2.85. The fourth-order valence-corrected chi connectivity index (χ4v) is 3.20. The highest BCUT2D eigenvalue weighted by Crippen LogP contribution is 2.52. The van der Waals surface area contributed by atoms with E-state index < -0.39 is 0 Å². The van der Waals surface area contributed by atoms with Crippen molar-refractivity contribution in [3.63, 3.8) is 0 Å². The lowest BCUT2D eigenvalue weighted by atomic mass is 9.86. The van der Waals surface area contributed by atoms with E-state index in [-0.39, 0.29) is 6.61 Å². The maximum Gasteiger partial charge on any atom is 0.0558 e. The van der Waals surface area contributed by atoms with Crippen molar-refractivity contribution in [2.24, 2.45) is 0 Å². The number of aryl methyl sites for hydroxylation is 1. The first kappa shape index (κ1) is 14.5. The smallest absolute Gasteiger partial charge is 0.0558 e. The molecule has 0 saturated heterocycles. The fourth-order valence-electron chi connectivity index (χ4n) is 3.20. The lowest BCUT2D eigenvalue weighted by Gasteiger charge is -2.35. The number of hydrogen-bond donors (Lipinski definition) is 1. The Balaban J connectivity index is 0.000000637. The van der Waals surface area contributed by atoms with E-state index in [0.29, 0.717) is 5.41 Å². The first-order valence-electron chi connectivity index (χ1n) is 7.73. The maximum absolute atomic E-state index is 9.12. The van der Waals surface area contributed by atoms with Crippen LogP contribution < -0.4 is 0 Å². The summed E-state index contributed by atoms with van der Waals surface area (Å²) >= 11 is 0. The predicted octanol–water partition coefficient (Wildman–Crippen LogP) is 3.11. The molecule has 0 aromatic heterocycles. The first-order valence-corrected chi connectivity index (χ1v) is 7.73. The Morgan fingerprint density at radius 2 is 2.00 bits per heavy atom. The lowest BCUT2D eigenvalue weighted by Crippen LogP contribution is -2.39. The summed E-state index contributed by atoms with van der Waals surface area (Å²) < 4.78 is 0. The molecule has 1 saturated carbocycles. The molecule has 1 heterocycles. The first-order chi connectivity index (χ1) is 9.27. The van der Waals surface area contributed by atoms with E-state index >= 15 is 0 Å². The molecule has 2 aliphatic rings. The Kier molecular flexibility index (Phi) is 4.64. The average Bonchev–Trinajstić information content (AvgIpc) is 3.21. The molecule has 0 atom stereocenters. The molecule has 106 valence electrons. The highest BCUT2D eigenvalue weighted by Gasteiger charge is 2.48. The van der Waals surface area contributed by atoms with E-state index in [2.05, 4.69) is 30.0 Å². The quantitative estimate of drug-likeness (QED) is 0.903. The van der Waals surface area contributed by atoms with Gasteiger partial charge >= 0.3 is 0 Å². The summed E-state index contributed by atoms with van der Waals surface area (Å²) in [6.45, 7) is 9.47. The van der Waals surface area contributed by atoms with Gasteiger partial charge < -0.3 is 5.11 Å². The Hall–Kier alpha value is -0.860. The van der Waals surface area contributed by atoms with Gasteiger partial charge in [0.25, 0.3) is 0 Å². The third-order valence-electron chi connectivity index (χ3n) is 4.34. The van der Waals surface area contributed by atoms with Crippen LogP contribution in [0, 0.1) is 0 Å². The summed E-state index contributed by atoms with van der Waals surface area (Å²) in [6, 6.07) is 7.02. The van der Waals surface area contributed by atoms with Crippen molar-refractivity contribution in [1.82, 2.24) is 4.90 Å². The standard InChI is InChI=1S/C15H21NO.C2H6/c1-2-12-3-4-14-13(9-12)10-16(7-8-17)11-15(14)5-6-15;1-2/h3-4,9,17H,2,5-8,10-11H2,1H3;1-2H3. The molecule has 1 N–H and O–H groups in total. The molecule has 0 unspecified atom stereocenters. The molecule has 0 bridgehead atoms. The maximum atomic E-state index is 9.12. The van der Waals surface area contributed by atoms with Crippen molar-refractivity contribution in [1.29, 1.82) is 0 Å². The number of hydrogen-bond acceptors (Lipinski definition) is 2. The van der Waals surface area contributed by atoms with Gasteiger partial charge in [-0.15, -0.1) is 0 Å². The van der Waals surface area contributed by atoms with Gasteiger partial charge in [-0.1, -0.05) is 39.0 Å². The molecule has 1 aliphatic carbocycles. The van der Waals surface area contributed by atoms with Crippen LogP contribution >= 0.6 is 0 Å². The second-order valence-electron chi connectivity index (χ2n) is 5.56. The van der Waals surface area contributed by atoms with Crippen molar-refractivity contribution in [3.8, 4) is 0 Å². The van der Waals surface area contributed by atoms with Gasteiger partial charge in [0, 0.05) is 25.0 Å². The Bertz CT molecular complexity index is 423. The average molecular weight is 261 g/mol. The van der Waals surface area contributed by atoms with Crippen LogP contribution in [0.15, 0.2) is 18.2 Å². The van der Waals surface area contributed by atoms with Crippen LogP contribution in [0.25, 0.3) is 0 Å². The molecule has 1 spiro atoms. The van der Waals surface area contributed by atoms with E-state index in [1.54, 1.807) is 5.56 Å². The summed E-state index contributed by atoms with van der Waals surface area (Å²) in [4.78, 5) is 2.41. The molecule has 19 heavy (non-hydrogen) atoms. The van der Waals surface area contributed by atoms with Crippen LogP contribution in [-0.2, 0) is 18.4 Å². The number of benzene rings is 1. The zero-order valence-corrected chi connectivity index (χ0v) is 12.6. The molecule has 0 radical (unpaired) electrons. The number of β-amino-alcohol motifs (C(OH)–C–C–N with tert-alkyl or cyclic N) is 1. The zero-order chi connectivity index (χ0) is 13.9. The van der Waals surface area contributed by atoms with E-state index in [0.717, 1.165) is 26.1 Å². The minimum Gasteiger partial charge on any atom is -0.395 e. The van der Waals surface area contributed by atoms with Gasteiger partial charge in [-0.3, -0.25) is 4.90 Å². The molecule has 2 nitrogen and oxygen atoms in total. The SMILES string of the molecule is CC.CCc1ccc2c(c1)CN(CCO)CC21CC1. The Labute approximate surface area is 117 Å². The van der Waals surface area contributed by atoms with Crippen LogP contribution in [0.1, 0.15) is 50.3 Å². The van der Waals surface area contributed by atoms with Crippen LogP contribution in [-0.4, -0.2) is 29.7 Å². The summed E-state index contributed by atoms with van der Waals surface area (Å²) in [5.74, 6) is 0. The summed E-state index contributed by atoms with van der Waals surface area (Å²) in [6.07, 6.45) is 3.76. The lowest BCUT2D eigenvalue weighted by molar-refractivity contribution is 0.167. The van der Waals surface area contributed by atoms with E-state index in [9.17, 15) is 0 Å². The molecule has 3 rings (SSSR count). The number of aliphatic hydroxyl groups excluding tert-OH is 1. The number of rotatable bonds is 3. The summed E-state index contributed by atoms with van der Waals surface area (Å²) in [5, 5.41) is 9.12. The van der Waals surface area contributed by atoms with Crippen molar-refractivity contribution >= 4 is 0 Å². The van der Waals surface area contributed by atoms with Crippen LogP contribution in [0.4, 0.5) is 0 Å². The number of nitrogens with zero attached hydrogens (tertiary/aromatic N) is 1. The largest absolute Gasteiger partial charge is 0.395 e. The Morgan fingerprint density at radius 3 is 2.58 bits per heavy atom. The minimum absolute atomic E-state index is 0.277. The molecular formula is C17H27NO. The second-order valence-corrected chi connectivity index (χ2v) is 5.56. The summed E-state index contributed by atoms with van der Waals surface area (Å²) in [7, 11) is 0. The van der Waals surface area contributed by atoms with E-state index in [1.807, 2.05) is 13.8 Å². The number of fused-ring (bicyclic) bond motifs is 2. The highest BCUT2D eigenvalue weighted by atomic mass is 16.3. The van der Waals surface area contributed by atoms with Crippen molar-refractivity contribution < 1.29 is 5.11 Å². The van der Waals surface area contributed by atoms with Gasteiger partial charge in [-0.25, -0.2) is 0 Å². The molecule has 2 heteroatoms. The van der Waals surface area contributed by atoms with Crippen LogP contribution in [0.2, 0.25) is 0 Å². The normalized spacial score (nSPS) is 19.6. The second kappa shape index (κ2) is 6.06. The van der Waals surface area contributed by atoms with Gasteiger partial charge in [0.2, 0.25) is 0 Å². The number of aliphatic hydroxyl groups is 1. The predicted molar refractivity (Wildman–Crippen MR) is 80.4 cm³/mol. The van der Waals surface area contributed by atoms with Gasteiger partial charge in [0.15, 0.2) is 0 Å². The molecule has 0 amide bonds. The van der Waals surface area contributed by atoms with Crippen LogP contribution in [0.5, 0.6) is 0 Å². The molecular weight excluding hydrogens is 234 g/mol. The van der Waals surface area contributed by atoms with Crippen molar-refractivity contribution in [2.45, 2.75) is 52.0 Å². The molecule has 1 aromatic carbocycles. The topological polar surface area (TPSA) is 23.5 Å². The fraction of sp³-hybridized carbons (Fsp3) is 0.647. The van der Waals surface area contributed by atoms with Gasteiger partial charge in [0.1, 0.15) is 0 Å². The molecule has 1 aromatic rings. The van der Waals surface area contributed by atoms with Crippen molar-refractivity contribution in [2.75, 3.05) is 19.7 Å². The molecule has 1 aliphatic heterocycles. The van der Waals surface area contributed by atoms with Crippen molar-refractivity contribution in [3.05, 3.63) is 34.9 Å². The van der Waals surface area contributed by atoms with Gasteiger partial charge in [0.05, 0.1) is 6.61 Å². The summed E-state index contributed by atoms with van der Waals surface area (Å²) in [5.41, 5.74) is 4.96. The minimum atomic E-state index is 0.277. The van der Waals surface area contributed by atoms with Gasteiger partial charge in [-0.05, 0) is 36.0 Å². The van der Waals surface area contributed by atoms with Gasteiger partial charge in [-0.2, -0.15) is 0 Å². The molecule has 1 fully saturated rings. The van der Waals surface area contributed by atoms with E-state index in [1.165, 1.54) is 24.0 Å². The monoisotopic (exact) mass is 261 g/mol. The highest BCUT2D eigenvalue weighted by molar-refractivity contribution is 5.43. The van der Waals surface area contributed by atoms with Crippen LogP contribution in [0.3, 0.4) is 0 Å². The zero-order valence-electron chi connectivity index (χ0n) is 12.6. The Morgan fingerprint density at radius 1 is 1.26 bits per heavy atom. The third-order valence-corrected chi connectivity index (χ3v) is 4.34. The van der Waals surface area contributed by atoms with E-state index in [4.69, 9.17) is 5.11 Å².